The van der Waals surface area contributed by atoms with Crippen LogP contribution in [0.4, 0.5) is 0 Å². The molecule has 0 saturated carbocycles. The van der Waals surface area contributed by atoms with Crippen LogP contribution in [0.2, 0.25) is 0 Å². The number of hydrogen-bond donors (Lipinski definition) is 0. The minimum absolute atomic E-state index is 0.176. The van der Waals surface area contributed by atoms with Gasteiger partial charge in [-0.1, -0.05) is 27.7 Å². The fraction of sp³-hybridized carbons (Fsp3) is 0.769. The Morgan fingerprint density at radius 2 is 1.56 bits per heavy atom. The summed E-state index contributed by atoms with van der Waals surface area (Å²) in [6.45, 7) is 8.76. The fourth-order valence-electron chi connectivity index (χ4n) is 3.23. The summed E-state index contributed by atoms with van der Waals surface area (Å²) in [5.74, 6) is 0. The molecule has 1 aromatic rings. The van der Waals surface area contributed by atoms with E-state index in [4.69, 9.17) is 9.31 Å². The van der Waals surface area contributed by atoms with Gasteiger partial charge in [-0.3, -0.25) is 4.98 Å². The highest BCUT2D eigenvalue weighted by Gasteiger charge is 2.59. The predicted molar refractivity (Wildman–Crippen MR) is 76.3 cm³/mol. The maximum Gasteiger partial charge on any atom is 0.515 e. The molecule has 0 N–H and O–H groups in total. The van der Waals surface area contributed by atoms with Crippen LogP contribution in [-0.4, -0.2) is 23.3 Å². The van der Waals surface area contributed by atoms with Crippen molar-refractivity contribution in [1.82, 2.24) is 4.98 Å². The van der Waals surface area contributed by atoms with E-state index < -0.39 is 0 Å². The van der Waals surface area contributed by atoms with Crippen LogP contribution in [0.5, 0.6) is 0 Å². The van der Waals surface area contributed by atoms with Gasteiger partial charge in [-0.05, 0) is 25.7 Å². The van der Waals surface area contributed by atoms with Gasteiger partial charge in [-0.15, -0.1) is 11.3 Å². The summed E-state index contributed by atoms with van der Waals surface area (Å²) in [6.07, 6.45) is 3.91. The molecule has 1 saturated heterocycles. The molecule has 0 atom stereocenters. The quantitative estimate of drug-likeness (QED) is 0.768. The molecule has 2 heterocycles. The van der Waals surface area contributed by atoms with E-state index >= 15 is 0 Å². The zero-order valence-corrected chi connectivity index (χ0v) is 12.5. The van der Waals surface area contributed by atoms with Crippen molar-refractivity contribution < 1.29 is 9.31 Å². The molecule has 18 heavy (non-hydrogen) atoms. The summed E-state index contributed by atoms with van der Waals surface area (Å²) in [5, 5.41) is 2.02. The van der Waals surface area contributed by atoms with Crippen LogP contribution >= 0.6 is 11.3 Å². The second-order valence-corrected chi connectivity index (χ2v) is 5.60. The van der Waals surface area contributed by atoms with Gasteiger partial charge in [0.1, 0.15) is 0 Å². The van der Waals surface area contributed by atoms with Crippen molar-refractivity contribution in [3.05, 3.63) is 10.9 Å². The average molecular weight is 267 g/mol. The summed E-state index contributed by atoms with van der Waals surface area (Å²) >= 11 is 1.59. The predicted octanol–water partition coefficient (Wildman–Crippen LogP) is 3.00. The van der Waals surface area contributed by atoms with Crippen molar-refractivity contribution in [1.29, 1.82) is 0 Å². The monoisotopic (exact) mass is 267 g/mol. The van der Waals surface area contributed by atoms with Gasteiger partial charge in [0, 0.05) is 5.38 Å². The van der Waals surface area contributed by atoms with E-state index in [1.54, 1.807) is 11.3 Å². The Balaban J connectivity index is 2.34. The van der Waals surface area contributed by atoms with Gasteiger partial charge >= 0.3 is 7.12 Å². The summed E-state index contributed by atoms with van der Waals surface area (Å²) in [5.41, 5.74) is 2.39. The molecule has 0 spiro atoms. The number of aromatic nitrogens is 1. The van der Waals surface area contributed by atoms with Gasteiger partial charge < -0.3 is 9.31 Å². The Bertz CT molecular complexity index is 354. The molecule has 1 aliphatic heterocycles. The van der Waals surface area contributed by atoms with E-state index in [9.17, 15) is 0 Å². The molecule has 0 bridgehead atoms. The SMILES string of the molecule is CCC1(CC)OB(c2cscn2)OC1(CC)CC. The van der Waals surface area contributed by atoms with Crippen molar-refractivity contribution in [2.75, 3.05) is 0 Å². The lowest BCUT2D eigenvalue weighted by Crippen LogP contribution is -2.50. The Hall–Kier alpha value is -0.385. The fourth-order valence-corrected chi connectivity index (χ4v) is 3.78. The van der Waals surface area contributed by atoms with Crippen molar-refractivity contribution in [3.8, 4) is 0 Å². The average Bonchev–Trinajstić information content (AvgIpc) is 3.04. The molecule has 1 aliphatic rings. The smallest absolute Gasteiger partial charge is 0.398 e. The van der Waals surface area contributed by atoms with E-state index in [1.807, 2.05) is 10.9 Å². The van der Waals surface area contributed by atoms with Crippen molar-refractivity contribution >= 4 is 24.0 Å². The first kappa shape index (κ1) is 14.0. The Labute approximate surface area is 114 Å². The van der Waals surface area contributed by atoms with Crippen LogP contribution in [0, 0.1) is 0 Å². The van der Waals surface area contributed by atoms with Crippen molar-refractivity contribution in [2.24, 2.45) is 0 Å². The van der Waals surface area contributed by atoms with Gasteiger partial charge in [-0.25, -0.2) is 0 Å². The highest BCUT2D eigenvalue weighted by Crippen LogP contribution is 2.46. The van der Waals surface area contributed by atoms with Crippen LogP contribution in [0.1, 0.15) is 53.4 Å². The molecule has 3 nitrogen and oxygen atoms in total. The van der Waals surface area contributed by atoms with Gasteiger partial charge in [0.15, 0.2) is 0 Å². The third-order valence-corrected chi connectivity index (χ3v) is 5.08. The Morgan fingerprint density at radius 1 is 1.06 bits per heavy atom. The summed E-state index contributed by atoms with van der Waals surface area (Å²) in [7, 11) is -0.295. The van der Waals surface area contributed by atoms with Gasteiger partial charge in [0.2, 0.25) is 0 Å². The standard InChI is InChI=1S/C13H22BNO2S/c1-5-12(6-2)13(7-3,8-4)17-14(16-12)11-9-18-10-15-11/h9-10H,5-8H2,1-4H3. The number of hydrogen-bond acceptors (Lipinski definition) is 4. The molecule has 0 aliphatic carbocycles. The minimum Gasteiger partial charge on any atom is -0.398 e. The molecule has 2 rings (SSSR count). The molecule has 1 fully saturated rings. The maximum atomic E-state index is 6.31. The summed E-state index contributed by atoms with van der Waals surface area (Å²) < 4.78 is 12.6. The van der Waals surface area contributed by atoms with Gasteiger partial charge in [0.25, 0.3) is 0 Å². The Kier molecular flexibility index (Phi) is 4.14. The number of rotatable bonds is 5. The topological polar surface area (TPSA) is 31.4 Å². The first-order valence-electron chi connectivity index (χ1n) is 6.90. The van der Waals surface area contributed by atoms with Gasteiger partial charge in [0.05, 0.1) is 22.3 Å². The zero-order valence-electron chi connectivity index (χ0n) is 11.7. The summed E-state index contributed by atoms with van der Waals surface area (Å²) in [6, 6.07) is 0. The van der Waals surface area contributed by atoms with Crippen molar-refractivity contribution in [2.45, 2.75) is 64.6 Å². The van der Waals surface area contributed by atoms with Crippen LogP contribution in [0.3, 0.4) is 0 Å². The molecule has 0 aromatic carbocycles. The van der Waals surface area contributed by atoms with Crippen LogP contribution < -0.4 is 5.59 Å². The van der Waals surface area contributed by atoms with Crippen LogP contribution in [-0.2, 0) is 9.31 Å². The lowest BCUT2D eigenvalue weighted by atomic mass is 9.75. The van der Waals surface area contributed by atoms with Crippen LogP contribution in [0.25, 0.3) is 0 Å². The first-order valence-corrected chi connectivity index (χ1v) is 7.85. The maximum absolute atomic E-state index is 6.31. The van der Waals surface area contributed by atoms with E-state index in [0.29, 0.717) is 0 Å². The lowest BCUT2D eigenvalue weighted by molar-refractivity contribution is -0.0601. The molecule has 0 radical (unpaired) electrons. The molecule has 5 heteroatoms. The highest BCUT2D eigenvalue weighted by atomic mass is 32.1. The third-order valence-electron chi connectivity index (χ3n) is 4.47. The van der Waals surface area contributed by atoms with E-state index in [1.165, 1.54) is 0 Å². The Morgan fingerprint density at radius 3 is 1.89 bits per heavy atom. The van der Waals surface area contributed by atoms with Crippen LogP contribution in [0.15, 0.2) is 10.9 Å². The second-order valence-electron chi connectivity index (χ2n) is 4.88. The highest BCUT2D eigenvalue weighted by molar-refractivity contribution is 7.08. The first-order chi connectivity index (χ1) is 8.67. The third kappa shape index (κ3) is 1.93. The number of thiazole rings is 1. The molecular weight excluding hydrogens is 245 g/mol. The molecule has 1 aromatic heterocycles. The largest absolute Gasteiger partial charge is 0.515 e. The van der Waals surface area contributed by atoms with Crippen molar-refractivity contribution in [3.63, 3.8) is 0 Å². The van der Waals surface area contributed by atoms with E-state index in [2.05, 4.69) is 32.7 Å². The van der Waals surface area contributed by atoms with E-state index in [0.717, 1.165) is 31.3 Å². The number of nitrogens with zero attached hydrogens (tertiary/aromatic N) is 1. The minimum atomic E-state index is -0.295. The van der Waals surface area contributed by atoms with Gasteiger partial charge in [-0.2, -0.15) is 0 Å². The molecule has 0 amide bonds. The molecule has 0 unspecified atom stereocenters. The lowest BCUT2D eigenvalue weighted by Gasteiger charge is -2.42. The molecule has 100 valence electrons. The van der Waals surface area contributed by atoms with E-state index in [-0.39, 0.29) is 18.3 Å². The zero-order chi connectivity index (χ0) is 13.2. The second kappa shape index (κ2) is 5.31. The summed E-state index contributed by atoms with van der Waals surface area (Å²) in [4.78, 5) is 4.34. The normalized spacial score (nSPS) is 21.4. The molecular formula is C13H22BNO2S.